The molecule has 9 heteroatoms. The normalized spacial score (nSPS) is 20.4. The van der Waals surface area contributed by atoms with Gasteiger partial charge < -0.3 is 19.1 Å². The molecule has 0 spiro atoms. The number of nitrogens with one attached hydrogen (secondary N) is 1. The molecule has 2 aromatic rings. The Labute approximate surface area is 188 Å². The van der Waals surface area contributed by atoms with Crippen LogP contribution in [0.25, 0.3) is 0 Å². The summed E-state index contributed by atoms with van der Waals surface area (Å²) in [5, 5.41) is 4.67. The number of hydrazone groups is 1. The van der Waals surface area contributed by atoms with Crippen LogP contribution in [0.3, 0.4) is 0 Å². The summed E-state index contributed by atoms with van der Waals surface area (Å²) in [5.41, 5.74) is 6.77. The minimum absolute atomic E-state index is 0.372. The van der Waals surface area contributed by atoms with Crippen LogP contribution in [0.15, 0.2) is 35.4 Å². The lowest BCUT2D eigenvalue weighted by molar-refractivity contribution is 0.0317. The van der Waals surface area contributed by atoms with Crippen LogP contribution in [0.5, 0.6) is 6.01 Å². The maximum Gasteiger partial charge on any atom is 0.320 e. The van der Waals surface area contributed by atoms with E-state index in [1.165, 1.54) is 11.1 Å². The molecule has 0 unspecified atom stereocenters. The van der Waals surface area contributed by atoms with E-state index in [1.807, 2.05) is 6.07 Å². The molecule has 2 saturated heterocycles. The molecule has 2 fully saturated rings. The van der Waals surface area contributed by atoms with Crippen LogP contribution >= 0.6 is 0 Å². The fourth-order valence-corrected chi connectivity index (χ4v) is 4.23. The molecule has 9 nitrogen and oxygen atoms in total. The molecule has 32 heavy (non-hydrogen) atoms. The number of morpholine rings is 2. The number of aryl methyl sites for hydroxylation is 1. The van der Waals surface area contributed by atoms with Gasteiger partial charge >= 0.3 is 6.01 Å². The Balaban J connectivity index is 1.30. The highest BCUT2D eigenvalue weighted by molar-refractivity contribution is 6.04. The Morgan fingerprint density at radius 1 is 0.969 bits per heavy atom. The smallest absolute Gasteiger partial charge is 0.320 e. The SMILES string of the molecule is c1ccc2c(c1)CC/C2=N\Nc1cc(N2CCOCC2)nc(OCCN2CCOCC2)n1. The standard InChI is InChI=1S/C23H30N6O3/c1-2-4-19-18(3-1)5-6-20(19)26-27-21-17-22(29-10-14-31-15-11-29)25-23(24-21)32-16-9-28-7-12-30-13-8-28/h1-4,17H,5-16H2,(H,24,25,27)/b26-20+. The average molecular weight is 439 g/mol. The zero-order valence-electron chi connectivity index (χ0n) is 18.3. The minimum Gasteiger partial charge on any atom is -0.462 e. The number of nitrogens with zero attached hydrogens (tertiary/aromatic N) is 5. The second kappa shape index (κ2) is 10.2. The van der Waals surface area contributed by atoms with E-state index < -0.39 is 0 Å². The van der Waals surface area contributed by atoms with Gasteiger partial charge in [0.1, 0.15) is 12.4 Å². The first-order valence-electron chi connectivity index (χ1n) is 11.4. The van der Waals surface area contributed by atoms with Crippen molar-refractivity contribution in [3.63, 3.8) is 0 Å². The highest BCUT2D eigenvalue weighted by Gasteiger charge is 2.19. The van der Waals surface area contributed by atoms with E-state index >= 15 is 0 Å². The number of benzene rings is 1. The molecule has 5 rings (SSSR count). The van der Waals surface area contributed by atoms with Crippen LogP contribution in [0.4, 0.5) is 11.6 Å². The minimum atomic E-state index is 0.372. The molecule has 0 bridgehead atoms. The van der Waals surface area contributed by atoms with Crippen molar-refractivity contribution in [3.05, 3.63) is 41.5 Å². The van der Waals surface area contributed by atoms with Crippen molar-refractivity contribution in [2.24, 2.45) is 5.10 Å². The van der Waals surface area contributed by atoms with Gasteiger partial charge in [-0.3, -0.25) is 10.3 Å². The molecule has 1 aliphatic carbocycles. The maximum atomic E-state index is 5.96. The van der Waals surface area contributed by atoms with E-state index in [1.54, 1.807) is 0 Å². The van der Waals surface area contributed by atoms with Crippen molar-refractivity contribution in [3.8, 4) is 6.01 Å². The van der Waals surface area contributed by atoms with Gasteiger partial charge in [0.15, 0.2) is 5.82 Å². The first-order valence-corrected chi connectivity index (χ1v) is 11.4. The molecule has 0 amide bonds. The van der Waals surface area contributed by atoms with Crippen molar-refractivity contribution in [2.45, 2.75) is 12.8 Å². The van der Waals surface area contributed by atoms with Gasteiger partial charge in [-0.2, -0.15) is 15.1 Å². The van der Waals surface area contributed by atoms with Gasteiger partial charge in [-0.05, 0) is 18.4 Å². The summed E-state index contributed by atoms with van der Waals surface area (Å²) in [6.45, 7) is 7.77. The highest BCUT2D eigenvalue weighted by atomic mass is 16.5. The van der Waals surface area contributed by atoms with Crippen LogP contribution in [0, 0.1) is 0 Å². The Morgan fingerprint density at radius 3 is 2.59 bits per heavy atom. The predicted octanol–water partition coefficient (Wildman–Crippen LogP) is 1.79. The van der Waals surface area contributed by atoms with Gasteiger partial charge in [0.05, 0.1) is 32.1 Å². The zero-order valence-corrected chi connectivity index (χ0v) is 18.3. The molecule has 0 saturated carbocycles. The van der Waals surface area contributed by atoms with E-state index in [0.29, 0.717) is 31.6 Å². The number of anilines is 2. The largest absolute Gasteiger partial charge is 0.462 e. The van der Waals surface area contributed by atoms with Crippen LogP contribution in [-0.2, 0) is 15.9 Å². The van der Waals surface area contributed by atoms with E-state index in [0.717, 1.165) is 70.3 Å². The lowest BCUT2D eigenvalue weighted by atomic mass is 10.1. The third-order valence-electron chi connectivity index (χ3n) is 6.03. The monoisotopic (exact) mass is 438 g/mol. The summed E-state index contributed by atoms with van der Waals surface area (Å²) >= 11 is 0. The molecular formula is C23H30N6O3. The van der Waals surface area contributed by atoms with Crippen molar-refractivity contribution in [1.82, 2.24) is 14.9 Å². The molecule has 0 atom stereocenters. The average Bonchev–Trinajstić information content (AvgIpc) is 3.27. The van der Waals surface area contributed by atoms with Gasteiger partial charge in [-0.1, -0.05) is 24.3 Å². The van der Waals surface area contributed by atoms with Gasteiger partial charge in [-0.15, -0.1) is 0 Å². The fraction of sp³-hybridized carbons (Fsp3) is 0.522. The Kier molecular flexibility index (Phi) is 6.76. The van der Waals surface area contributed by atoms with Crippen LogP contribution in [0.2, 0.25) is 0 Å². The van der Waals surface area contributed by atoms with Gasteiger partial charge in [0, 0.05) is 44.4 Å². The maximum absolute atomic E-state index is 5.96. The summed E-state index contributed by atoms with van der Waals surface area (Å²) in [6, 6.07) is 10.7. The van der Waals surface area contributed by atoms with E-state index in [9.17, 15) is 0 Å². The van der Waals surface area contributed by atoms with Crippen molar-refractivity contribution in [1.29, 1.82) is 0 Å². The second-order valence-corrected chi connectivity index (χ2v) is 8.12. The summed E-state index contributed by atoms with van der Waals surface area (Å²) in [5.74, 6) is 1.47. The first-order chi connectivity index (χ1) is 15.8. The van der Waals surface area contributed by atoms with Gasteiger partial charge in [0.25, 0.3) is 0 Å². The molecule has 2 aliphatic heterocycles. The predicted molar refractivity (Wildman–Crippen MR) is 123 cm³/mol. The summed E-state index contributed by atoms with van der Waals surface area (Å²) < 4.78 is 16.9. The lowest BCUT2D eigenvalue weighted by Crippen LogP contribution is -2.39. The summed E-state index contributed by atoms with van der Waals surface area (Å²) in [6.07, 6.45) is 1.95. The van der Waals surface area contributed by atoms with Gasteiger partial charge in [0.2, 0.25) is 0 Å². The van der Waals surface area contributed by atoms with E-state index in [-0.39, 0.29) is 0 Å². The third kappa shape index (κ3) is 5.17. The number of hydrogen-bond donors (Lipinski definition) is 1. The number of fused-ring (bicyclic) bond motifs is 1. The number of rotatable bonds is 7. The molecule has 1 N–H and O–H groups in total. The summed E-state index contributed by atoms with van der Waals surface area (Å²) in [4.78, 5) is 13.8. The lowest BCUT2D eigenvalue weighted by Gasteiger charge is -2.28. The molecule has 3 aliphatic rings. The number of hydrogen-bond acceptors (Lipinski definition) is 9. The molecular weight excluding hydrogens is 408 g/mol. The fourth-order valence-electron chi connectivity index (χ4n) is 4.23. The topological polar surface area (TPSA) is 84.3 Å². The first kappa shape index (κ1) is 21.1. The van der Waals surface area contributed by atoms with E-state index in [4.69, 9.17) is 14.2 Å². The van der Waals surface area contributed by atoms with Crippen molar-refractivity contribution < 1.29 is 14.2 Å². The second-order valence-electron chi connectivity index (χ2n) is 8.12. The van der Waals surface area contributed by atoms with Crippen LogP contribution in [0.1, 0.15) is 17.5 Å². The molecule has 1 aromatic carbocycles. The van der Waals surface area contributed by atoms with E-state index in [2.05, 4.69) is 54.6 Å². The van der Waals surface area contributed by atoms with Crippen LogP contribution in [-0.4, -0.2) is 86.3 Å². The molecule has 0 radical (unpaired) electrons. The number of ether oxygens (including phenoxy) is 3. The Hall–Kier alpha value is -2.75. The zero-order chi connectivity index (χ0) is 21.6. The highest BCUT2D eigenvalue weighted by Crippen LogP contribution is 2.24. The van der Waals surface area contributed by atoms with Crippen molar-refractivity contribution >= 4 is 17.3 Å². The summed E-state index contributed by atoms with van der Waals surface area (Å²) in [7, 11) is 0. The molecule has 3 heterocycles. The van der Waals surface area contributed by atoms with Gasteiger partial charge in [-0.25, -0.2) is 0 Å². The third-order valence-corrected chi connectivity index (χ3v) is 6.03. The Bertz CT molecular complexity index is 941. The Morgan fingerprint density at radius 2 is 1.75 bits per heavy atom. The quantitative estimate of drug-likeness (QED) is 0.655. The number of aromatic nitrogens is 2. The van der Waals surface area contributed by atoms with Crippen molar-refractivity contribution in [2.75, 3.05) is 76.1 Å². The van der Waals surface area contributed by atoms with Crippen LogP contribution < -0.4 is 15.1 Å². The molecule has 1 aromatic heterocycles. The molecule has 170 valence electrons.